The smallest absolute Gasteiger partial charge is 0.415 e. The summed E-state index contributed by atoms with van der Waals surface area (Å²) >= 11 is 0. The van der Waals surface area contributed by atoms with Crippen LogP contribution in [0, 0.1) is 12.3 Å². The van der Waals surface area contributed by atoms with E-state index in [4.69, 9.17) is 11.5 Å². The Morgan fingerprint density at radius 1 is 1.56 bits per heavy atom. The number of carbonyl (C=O) groups excluding carboxylic acids is 1. The molecule has 2 aliphatic heterocycles. The first-order valence-electron chi connectivity index (χ1n) is 4.55. The molecule has 0 bridgehead atoms. The topological polar surface area (TPSA) is 64.1 Å². The highest BCUT2D eigenvalue weighted by Gasteiger charge is 2.33. The van der Waals surface area contributed by atoms with Crippen molar-refractivity contribution in [1.82, 2.24) is 14.7 Å². The summed E-state index contributed by atoms with van der Waals surface area (Å²) in [5, 5.41) is 8.77. The lowest BCUT2D eigenvalue weighted by Crippen LogP contribution is -2.30. The molecule has 0 unspecified atom stereocenters. The maximum atomic E-state index is 11.7. The fourth-order valence-electron chi connectivity index (χ4n) is 1.57. The summed E-state index contributed by atoms with van der Waals surface area (Å²) in [6.07, 6.45) is 8.17. The van der Waals surface area contributed by atoms with Crippen LogP contribution in [-0.4, -0.2) is 45.0 Å². The van der Waals surface area contributed by atoms with Gasteiger partial charge in [-0.2, -0.15) is 0 Å². The maximum Gasteiger partial charge on any atom is 0.415 e. The Kier molecular flexibility index (Phi) is 2.29. The summed E-state index contributed by atoms with van der Waals surface area (Å²) in [6.45, 7) is 0.546. The third kappa shape index (κ3) is 1.48. The summed E-state index contributed by atoms with van der Waals surface area (Å²) < 4.78 is 0. The molecule has 0 aliphatic carbocycles. The Hall–Kier alpha value is -2.42. The highest BCUT2D eigenvalue weighted by Crippen LogP contribution is 2.23. The van der Waals surface area contributed by atoms with Crippen LogP contribution in [0.2, 0.25) is 0 Å². The van der Waals surface area contributed by atoms with Crippen LogP contribution in [0.25, 0.3) is 0 Å². The summed E-state index contributed by atoms with van der Waals surface area (Å²) in [5.41, 5.74) is 0.602. The molecule has 1 N–H and O–H groups in total. The van der Waals surface area contributed by atoms with Gasteiger partial charge in [-0.3, -0.25) is 9.80 Å². The zero-order chi connectivity index (χ0) is 11.7. The number of rotatable bonds is 1. The first kappa shape index (κ1) is 10.1. The van der Waals surface area contributed by atoms with E-state index in [-0.39, 0.29) is 12.6 Å². The number of hydrogen-bond donors (Lipinski definition) is 1. The second kappa shape index (κ2) is 3.62. The van der Waals surface area contributed by atoms with Crippen molar-refractivity contribution in [3.63, 3.8) is 0 Å². The molecule has 3 amide bonds. The summed E-state index contributed by atoms with van der Waals surface area (Å²) in [4.78, 5) is 26.3. The highest BCUT2D eigenvalue weighted by molar-refractivity contribution is 5.82. The number of fused-ring (bicyclic) bond motifs is 1. The monoisotopic (exact) mass is 219 g/mol. The summed E-state index contributed by atoms with van der Waals surface area (Å²) in [5.74, 6) is 2.38. The molecule has 16 heavy (non-hydrogen) atoms. The molecule has 6 heteroatoms. The maximum absolute atomic E-state index is 11.7. The molecule has 0 aromatic heterocycles. The van der Waals surface area contributed by atoms with E-state index < -0.39 is 6.09 Å². The average Bonchev–Trinajstić information content (AvgIpc) is 2.56. The van der Waals surface area contributed by atoms with Crippen molar-refractivity contribution in [2.75, 3.05) is 13.1 Å². The van der Waals surface area contributed by atoms with E-state index in [9.17, 15) is 9.59 Å². The van der Waals surface area contributed by atoms with Gasteiger partial charge in [-0.05, 0) is 0 Å². The Bertz CT molecular complexity index is 447. The van der Waals surface area contributed by atoms with Gasteiger partial charge in [0.2, 0.25) is 0 Å². The van der Waals surface area contributed by atoms with Gasteiger partial charge in [-0.25, -0.2) is 9.59 Å². The van der Waals surface area contributed by atoms with Crippen LogP contribution in [0.4, 0.5) is 9.59 Å². The lowest BCUT2D eigenvalue weighted by atomic mass is 10.4. The number of urea groups is 1. The van der Waals surface area contributed by atoms with E-state index >= 15 is 0 Å². The number of carboxylic acid groups (broad SMARTS) is 1. The van der Waals surface area contributed by atoms with Gasteiger partial charge in [0.25, 0.3) is 0 Å². The van der Waals surface area contributed by atoms with Gasteiger partial charge in [0.15, 0.2) is 0 Å². The molecule has 0 saturated carbocycles. The van der Waals surface area contributed by atoms with E-state index in [0.717, 1.165) is 4.90 Å². The SMILES string of the molecule is C#CCN1CC2=CN(C(=O)O)C=CN2C1=O. The normalized spacial score (nSPS) is 18.3. The van der Waals surface area contributed by atoms with Gasteiger partial charge in [-0.1, -0.05) is 5.92 Å². The van der Waals surface area contributed by atoms with Crippen molar-refractivity contribution >= 4 is 12.1 Å². The Morgan fingerprint density at radius 3 is 2.94 bits per heavy atom. The first-order valence-corrected chi connectivity index (χ1v) is 4.55. The Morgan fingerprint density at radius 2 is 2.31 bits per heavy atom. The van der Waals surface area contributed by atoms with Gasteiger partial charge in [0.1, 0.15) is 0 Å². The zero-order valence-corrected chi connectivity index (χ0v) is 8.33. The van der Waals surface area contributed by atoms with Crippen LogP contribution >= 0.6 is 0 Å². The molecule has 82 valence electrons. The minimum absolute atomic E-state index is 0.216. The van der Waals surface area contributed by atoms with Crippen LogP contribution in [0.3, 0.4) is 0 Å². The third-order valence-corrected chi connectivity index (χ3v) is 2.31. The van der Waals surface area contributed by atoms with Crippen LogP contribution in [0.1, 0.15) is 0 Å². The van der Waals surface area contributed by atoms with E-state index in [1.165, 1.54) is 28.4 Å². The van der Waals surface area contributed by atoms with Crippen LogP contribution < -0.4 is 0 Å². The van der Waals surface area contributed by atoms with Crippen LogP contribution in [0.15, 0.2) is 24.3 Å². The fourth-order valence-corrected chi connectivity index (χ4v) is 1.57. The molecule has 1 saturated heterocycles. The number of amides is 3. The Labute approximate surface area is 92.0 Å². The van der Waals surface area contributed by atoms with Gasteiger partial charge in [-0.15, -0.1) is 6.42 Å². The second-order valence-corrected chi connectivity index (χ2v) is 3.32. The minimum Gasteiger partial charge on any atom is -0.464 e. The Balaban J connectivity index is 2.22. The summed E-state index contributed by atoms with van der Waals surface area (Å²) in [7, 11) is 0. The minimum atomic E-state index is -1.09. The van der Waals surface area contributed by atoms with Gasteiger partial charge in [0.05, 0.1) is 18.8 Å². The van der Waals surface area contributed by atoms with Crippen molar-refractivity contribution in [2.45, 2.75) is 0 Å². The van der Waals surface area contributed by atoms with Gasteiger partial charge in [0, 0.05) is 18.6 Å². The number of terminal acetylenes is 1. The van der Waals surface area contributed by atoms with Crippen molar-refractivity contribution in [2.24, 2.45) is 0 Å². The first-order chi connectivity index (χ1) is 7.63. The lowest BCUT2D eigenvalue weighted by molar-refractivity contribution is 0.173. The third-order valence-electron chi connectivity index (χ3n) is 2.31. The van der Waals surface area contributed by atoms with Crippen molar-refractivity contribution in [1.29, 1.82) is 0 Å². The predicted octanol–water partition coefficient (Wildman–Crippen LogP) is 0.663. The van der Waals surface area contributed by atoms with E-state index in [1.54, 1.807) is 0 Å². The van der Waals surface area contributed by atoms with E-state index in [0.29, 0.717) is 12.2 Å². The quantitative estimate of drug-likeness (QED) is 0.659. The predicted molar refractivity (Wildman–Crippen MR) is 54.7 cm³/mol. The molecule has 0 atom stereocenters. The number of hydrogen-bond acceptors (Lipinski definition) is 2. The standard InChI is InChI=1S/C10H9N3O3/c1-2-3-11-6-8-7-12(10(15)16)4-5-13(8)9(11)14/h1,4-5,7H,3,6H2,(H,15,16). The molecule has 0 aromatic carbocycles. The van der Waals surface area contributed by atoms with Crippen molar-refractivity contribution in [3.8, 4) is 12.3 Å². The van der Waals surface area contributed by atoms with E-state index in [2.05, 4.69) is 5.92 Å². The molecular weight excluding hydrogens is 210 g/mol. The molecular formula is C10H9N3O3. The average molecular weight is 219 g/mol. The molecule has 6 nitrogen and oxygen atoms in total. The fraction of sp³-hybridized carbons (Fsp3) is 0.200. The molecule has 0 spiro atoms. The molecule has 0 radical (unpaired) electrons. The molecule has 0 aromatic rings. The highest BCUT2D eigenvalue weighted by atomic mass is 16.4. The molecule has 1 fully saturated rings. The largest absolute Gasteiger partial charge is 0.464 e. The molecule has 2 rings (SSSR count). The number of carbonyl (C=O) groups is 2. The van der Waals surface area contributed by atoms with Gasteiger partial charge >= 0.3 is 12.1 Å². The summed E-state index contributed by atoms with van der Waals surface area (Å²) in [6, 6.07) is -0.231. The molecule has 2 aliphatic rings. The lowest BCUT2D eigenvalue weighted by Gasteiger charge is -2.20. The van der Waals surface area contributed by atoms with E-state index in [1.807, 2.05) is 0 Å². The number of nitrogens with zero attached hydrogens (tertiary/aromatic N) is 3. The van der Waals surface area contributed by atoms with Crippen molar-refractivity contribution in [3.05, 3.63) is 24.3 Å². The van der Waals surface area contributed by atoms with Crippen LogP contribution in [-0.2, 0) is 0 Å². The van der Waals surface area contributed by atoms with Crippen molar-refractivity contribution < 1.29 is 14.7 Å². The zero-order valence-electron chi connectivity index (χ0n) is 8.33. The molecule has 2 heterocycles. The van der Waals surface area contributed by atoms with Gasteiger partial charge < -0.3 is 10.0 Å². The second-order valence-electron chi connectivity index (χ2n) is 3.32. The van der Waals surface area contributed by atoms with Crippen LogP contribution in [0.5, 0.6) is 0 Å².